The van der Waals surface area contributed by atoms with Crippen molar-refractivity contribution in [1.82, 2.24) is 8.75 Å². The highest BCUT2D eigenvalue weighted by molar-refractivity contribution is 6.99. The third-order valence-corrected chi connectivity index (χ3v) is 1.87. The molecule has 1 aromatic rings. The maximum absolute atomic E-state index is 11.0. The molecule has 1 heterocycles. The lowest BCUT2D eigenvalue weighted by atomic mass is 10.1. The maximum atomic E-state index is 11.0. The number of allylic oxidation sites excluding steroid dienone is 2. The number of ketones is 2. The SMILES string of the molecule is O=C1C=CC(=O)c2nsnc21. The van der Waals surface area contributed by atoms with Gasteiger partial charge in [-0.3, -0.25) is 9.59 Å². The van der Waals surface area contributed by atoms with Crippen molar-refractivity contribution in [3.8, 4) is 0 Å². The first-order valence-electron chi connectivity index (χ1n) is 2.88. The lowest BCUT2D eigenvalue weighted by Crippen LogP contribution is -2.10. The van der Waals surface area contributed by atoms with E-state index in [1.165, 1.54) is 12.2 Å². The van der Waals surface area contributed by atoms with Crippen LogP contribution in [0.1, 0.15) is 21.0 Å². The summed E-state index contributed by atoms with van der Waals surface area (Å²) >= 11 is 0.881. The molecular weight excluding hydrogens is 164 g/mol. The van der Waals surface area contributed by atoms with E-state index in [-0.39, 0.29) is 23.0 Å². The Morgan fingerprint density at radius 1 is 1.00 bits per heavy atom. The van der Waals surface area contributed by atoms with E-state index in [2.05, 4.69) is 8.75 Å². The van der Waals surface area contributed by atoms with E-state index in [1.807, 2.05) is 0 Å². The molecule has 0 radical (unpaired) electrons. The van der Waals surface area contributed by atoms with Gasteiger partial charge < -0.3 is 0 Å². The number of carbonyl (C=O) groups excluding carboxylic acids is 2. The zero-order valence-electron chi connectivity index (χ0n) is 5.27. The highest BCUT2D eigenvalue weighted by Gasteiger charge is 2.22. The number of carbonyl (C=O) groups is 2. The van der Waals surface area contributed by atoms with Gasteiger partial charge in [0, 0.05) is 0 Å². The van der Waals surface area contributed by atoms with Crippen LogP contribution < -0.4 is 0 Å². The van der Waals surface area contributed by atoms with Crippen LogP contribution in [0.4, 0.5) is 0 Å². The Kier molecular flexibility index (Phi) is 1.19. The van der Waals surface area contributed by atoms with Gasteiger partial charge in [-0.25, -0.2) is 0 Å². The summed E-state index contributed by atoms with van der Waals surface area (Å²) in [7, 11) is 0. The number of hydrogen-bond donors (Lipinski definition) is 0. The van der Waals surface area contributed by atoms with Gasteiger partial charge in [-0.2, -0.15) is 8.75 Å². The molecular formula is C6H2N2O2S. The summed E-state index contributed by atoms with van der Waals surface area (Å²) in [6.07, 6.45) is 2.43. The molecule has 11 heavy (non-hydrogen) atoms. The van der Waals surface area contributed by atoms with E-state index in [0.717, 1.165) is 11.7 Å². The van der Waals surface area contributed by atoms with Crippen LogP contribution in [0.15, 0.2) is 12.2 Å². The number of hydrogen-bond acceptors (Lipinski definition) is 5. The Hall–Kier alpha value is -1.36. The molecule has 0 aliphatic heterocycles. The predicted octanol–water partition coefficient (Wildman–Crippen LogP) is 0.473. The summed E-state index contributed by atoms with van der Waals surface area (Å²) in [4.78, 5) is 21.9. The summed E-state index contributed by atoms with van der Waals surface area (Å²) in [5.41, 5.74) is 0.366. The Morgan fingerprint density at radius 3 is 1.91 bits per heavy atom. The second-order valence-corrected chi connectivity index (χ2v) is 2.55. The van der Waals surface area contributed by atoms with Gasteiger partial charge in [-0.05, 0) is 12.2 Å². The van der Waals surface area contributed by atoms with E-state index < -0.39 is 0 Å². The Balaban J connectivity index is 2.68. The van der Waals surface area contributed by atoms with Crippen LogP contribution in [0.25, 0.3) is 0 Å². The lowest BCUT2D eigenvalue weighted by molar-refractivity contribution is 0.0989. The van der Waals surface area contributed by atoms with Gasteiger partial charge in [0.15, 0.2) is 11.4 Å². The molecule has 0 unspecified atom stereocenters. The van der Waals surface area contributed by atoms with Crippen molar-refractivity contribution in [1.29, 1.82) is 0 Å². The van der Waals surface area contributed by atoms with Crippen molar-refractivity contribution in [3.63, 3.8) is 0 Å². The monoisotopic (exact) mass is 166 g/mol. The Bertz CT molecular complexity index is 334. The molecule has 0 bridgehead atoms. The molecule has 0 saturated heterocycles. The molecule has 0 saturated carbocycles. The summed E-state index contributed by atoms with van der Waals surface area (Å²) in [5.74, 6) is -0.485. The molecule has 4 nitrogen and oxygen atoms in total. The maximum Gasteiger partial charge on any atom is 0.207 e. The van der Waals surface area contributed by atoms with Crippen LogP contribution in [-0.4, -0.2) is 20.3 Å². The van der Waals surface area contributed by atoms with E-state index in [4.69, 9.17) is 0 Å². The van der Waals surface area contributed by atoms with Crippen molar-refractivity contribution in [2.45, 2.75) is 0 Å². The van der Waals surface area contributed by atoms with Crippen molar-refractivity contribution in [3.05, 3.63) is 23.5 Å². The summed E-state index contributed by atoms with van der Waals surface area (Å²) < 4.78 is 7.39. The largest absolute Gasteiger partial charge is 0.287 e. The highest BCUT2D eigenvalue weighted by atomic mass is 32.1. The molecule has 1 aliphatic rings. The first-order valence-corrected chi connectivity index (χ1v) is 3.61. The zero-order chi connectivity index (χ0) is 7.84. The molecule has 54 valence electrons. The second kappa shape index (κ2) is 2.06. The van der Waals surface area contributed by atoms with Gasteiger partial charge in [-0.15, -0.1) is 0 Å². The third kappa shape index (κ3) is 0.813. The quantitative estimate of drug-likeness (QED) is 0.562. The summed E-state index contributed by atoms with van der Waals surface area (Å²) in [6, 6.07) is 0. The van der Waals surface area contributed by atoms with Gasteiger partial charge in [-0.1, -0.05) is 0 Å². The van der Waals surface area contributed by atoms with E-state index in [9.17, 15) is 9.59 Å². The standard InChI is InChI=1S/C6H2N2O2S/c9-3-1-2-4(10)6-5(3)7-11-8-6/h1-2H. The van der Waals surface area contributed by atoms with Crippen LogP contribution >= 0.6 is 11.7 Å². The molecule has 0 amide bonds. The average Bonchev–Trinajstić information content (AvgIpc) is 2.45. The van der Waals surface area contributed by atoms with Crippen molar-refractivity contribution in [2.75, 3.05) is 0 Å². The molecule has 2 rings (SSSR count). The van der Waals surface area contributed by atoms with Gasteiger partial charge in [0.1, 0.15) is 0 Å². The minimum absolute atomic E-state index is 0.183. The van der Waals surface area contributed by atoms with Gasteiger partial charge in [0.05, 0.1) is 11.7 Å². The van der Waals surface area contributed by atoms with Crippen molar-refractivity contribution < 1.29 is 9.59 Å². The number of rotatable bonds is 0. The molecule has 0 aromatic carbocycles. The van der Waals surface area contributed by atoms with Crippen LogP contribution in [0.2, 0.25) is 0 Å². The molecule has 1 aromatic heterocycles. The molecule has 0 fully saturated rings. The first-order chi connectivity index (χ1) is 5.29. The Morgan fingerprint density at radius 2 is 1.45 bits per heavy atom. The summed E-state index contributed by atoms with van der Waals surface area (Å²) in [6.45, 7) is 0. The van der Waals surface area contributed by atoms with Crippen molar-refractivity contribution >= 4 is 23.3 Å². The minimum atomic E-state index is -0.242. The van der Waals surface area contributed by atoms with Gasteiger partial charge in [0.2, 0.25) is 11.6 Å². The molecule has 1 aliphatic carbocycles. The van der Waals surface area contributed by atoms with Gasteiger partial charge in [0.25, 0.3) is 0 Å². The van der Waals surface area contributed by atoms with Crippen LogP contribution in [0.3, 0.4) is 0 Å². The van der Waals surface area contributed by atoms with Crippen LogP contribution in [0.5, 0.6) is 0 Å². The fraction of sp³-hybridized carbons (Fsp3) is 0. The fourth-order valence-corrected chi connectivity index (χ4v) is 1.38. The Labute approximate surface area is 65.9 Å². The van der Waals surface area contributed by atoms with E-state index in [0.29, 0.717) is 0 Å². The normalized spacial score (nSPS) is 15.3. The van der Waals surface area contributed by atoms with Gasteiger partial charge >= 0.3 is 0 Å². The molecule has 0 N–H and O–H groups in total. The number of nitrogens with zero attached hydrogens (tertiary/aromatic N) is 2. The smallest absolute Gasteiger partial charge is 0.207 e. The highest BCUT2D eigenvalue weighted by Crippen LogP contribution is 2.13. The van der Waals surface area contributed by atoms with Crippen LogP contribution in [-0.2, 0) is 0 Å². The van der Waals surface area contributed by atoms with Crippen molar-refractivity contribution in [2.24, 2.45) is 0 Å². The average molecular weight is 166 g/mol. The third-order valence-electron chi connectivity index (χ3n) is 1.34. The van der Waals surface area contributed by atoms with Crippen LogP contribution in [0, 0.1) is 0 Å². The minimum Gasteiger partial charge on any atom is -0.287 e. The number of aromatic nitrogens is 2. The van der Waals surface area contributed by atoms with E-state index in [1.54, 1.807) is 0 Å². The number of fused-ring (bicyclic) bond motifs is 1. The van der Waals surface area contributed by atoms with E-state index >= 15 is 0 Å². The fourth-order valence-electron chi connectivity index (χ4n) is 0.821. The molecule has 0 spiro atoms. The molecule has 0 atom stereocenters. The molecule has 5 heteroatoms. The topological polar surface area (TPSA) is 59.9 Å². The predicted molar refractivity (Wildman–Crippen MR) is 37.7 cm³/mol. The first kappa shape index (κ1) is 6.36. The zero-order valence-corrected chi connectivity index (χ0v) is 6.09. The lowest BCUT2D eigenvalue weighted by Gasteiger charge is -1.96. The summed E-state index contributed by atoms with van der Waals surface area (Å²) in [5, 5.41) is 0. The second-order valence-electron chi connectivity index (χ2n) is 2.02.